The number of rotatable bonds is 1. The van der Waals surface area contributed by atoms with E-state index in [9.17, 15) is 13.2 Å². The molecule has 0 N–H and O–H groups in total. The van der Waals surface area contributed by atoms with Gasteiger partial charge in [0, 0.05) is 5.71 Å². The van der Waals surface area contributed by atoms with Crippen LogP contribution in [0.3, 0.4) is 0 Å². The normalized spacial score (nSPS) is 19.5. The molecule has 1 aromatic carbocycles. The number of halogens is 3. The number of alkyl halides is 2. The summed E-state index contributed by atoms with van der Waals surface area (Å²) in [6.07, 6.45) is -0.392. The zero-order valence-electron chi connectivity index (χ0n) is 7.30. The van der Waals surface area contributed by atoms with Gasteiger partial charge in [0.15, 0.2) is 0 Å². The molecule has 14 heavy (non-hydrogen) atoms. The highest BCUT2D eigenvalue weighted by Crippen LogP contribution is 2.27. The maximum absolute atomic E-state index is 12.8. The molecule has 0 spiro atoms. The quantitative estimate of drug-likeness (QED) is 0.659. The van der Waals surface area contributed by atoms with Crippen LogP contribution >= 0.6 is 0 Å². The first-order valence-corrected chi connectivity index (χ1v) is 4.24. The first-order valence-electron chi connectivity index (χ1n) is 4.24. The zero-order valence-corrected chi connectivity index (χ0v) is 7.30. The number of nitrogens with zero attached hydrogens (tertiary/aromatic N) is 1. The van der Waals surface area contributed by atoms with Crippen LogP contribution in [-0.4, -0.2) is 18.2 Å². The largest absolute Gasteiger partial charge is 0.283 e. The first kappa shape index (κ1) is 9.24. The Labute approximate surface area is 79.3 Å². The molecular formula is C10H8F3N. The van der Waals surface area contributed by atoms with E-state index in [-0.39, 0.29) is 5.71 Å². The number of aliphatic imine (C=N–C) groups is 1. The molecule has 1 aromatic rings. The molecule has 1 heterocycles. The monoisotopic (exact) mass is 199 g/mol. The van der Waals surface area contributed by atoms with Crippen LogP contribution in [0.25, 0.3) is 0 Å². The topological polar surface area (TPSA) is 12.4 Å². The molecule has 1 aliphatic rings. The average Bonchev–Trinajstić information content (AvgIpc) is 2.46. The van der Waals surface area contributed by atoms with E-state index in [2.05, 4.69) is 4.99 Å². The van der Waals surface area contributed by atoms with Crippen LogP contribution in [0, 0.1) is 5.82 Å². The van der Waals surface area contributed by atoms with Crippen molar-refractivity contribution in [1.29, 1.82) is 0 Å². The molecule has 0 aromatic heterocycles. The molecule has 0 unspecified atom stereocenters. The molecule has 0 saturated carbocycles. The lowest BCUT2D eigenvalue weighted by Gasteiger charge is -2.05. The van der Waals surface area contributed by atoms with Crippen molar-refractivity contribution in [2.45, 2.75) is 12.3 Å². The number of hydrogen-bond donors (Lipinski definition) is 0. The lowest BCUT2D eigenvalue weighted by Crippen LogP contribution is -2.16. The molecule has 1 nitrogen and oxygen atoms in total. The predicted octanol–water partition coefficient (Wildman–Crippen LogP) is 2.65. The second kappa shape index (κ2) is 3.12. The number of hydrogen-bond acceptors (Lipinski definition) is 1. The minimum Gasteiger partial charge on any atom is -0.283 e. The molecule has 0 saturated heterocycles. The molecule has 0 bridgehead atoms. The van der Waals surface area contributed by atoms with Crippen molar-refractivity contribution in [1.82, 2.24) is 0 Å². The van der Waals surface area contributed by atoms with Gasteiger partial charge in [-0.25, -0.2) is 13.2 Å². The molecule has 74 valence electrons. The smallest absolute Gasteiger partial charge is 0.272 e. The van der Waals surface area contributed by atoms with Crippen LogP contribution in [0.2, 0.25) is 0 Å². The van der Waals surface area contributed by atoms with Gasteiger partial charge in [-0.15, -0.1) is 0 Å². The summed E-state index contributed by atoms with van der Waals surface area (Å²) in [6.45, 7) is -0.487. The van der Waals surface area contributed by atoms with Crippen LogP contribution in [0.4, 0.5) is 13.2 Å². The summed E-state index contributed by atoms with van der Waals surface area (Å²) in [5.74, 6) is -3.19. The van der Waals surface area contributed by atoms with Gasteiger partial charge in [-0.1, -0.05) is 12.1 Å². The summed E-state index contributed by atoms with van der Waals surface area (Å²) in [5.41, 5.74) is 0.733. The second-order valence-corrected chi connectivity index (χ2v) is 3.31. The Morgan fingerprint density at radius 1 is 1.29 bits per heavy atom. The first-order chi connectivity index (χ1) is 6.57. The van der Waals surface area contributed by atoms with Crippen molar-refractivity contribution in [3.8, 4) is 0 Å². The molecule has 4 heteroatoms. The van der Waals surface area contributed by atoms with Crippen LogP contribution in [-0.2, 0) is 0 Å². The zero-order chi connectivity index (χ0) is 10.2. The van der Waals surface area contributed by atoms with Gasteiger partial charge >= 0.3 is 0 Å². The molecule has 0 amide bonds. The third-order valence-electron chi connectivity index (χ3n) is 2.09. The fraction of sp³-hybridized carbons (Fsp3) is 0.300. The Balaban J connectivity index is 2.26. The highest BCUT2D eigenvalue weighted by Gasteiger charge is 2.36. The van der Waals surface area contributed by atoms with Crippen LogP contribution < -0.4 is 0 Å². The molecule has 1 aliphatic heterocycles. The average molecular weight is 199 g/mol. The van der Waals surface area contributed by atoms with E-state index in [1.54, 1.807) is 6.07 Å². The molecule has 0 radical (unpaired) electrons. The van der Waals surface area contributed by atoms with Crippen LogP contribution in [0.1, 0.15) is 12.0 Å². The standard InChI is InChI=1S/C10H8F3N/c11-8-3-1-2-7(4-8)9-5-10(12,13)6-14-9/h1-4H,5-6H2. The third kappa shape index (κ3) is 1.78. The fourth-order valence-corrected chi connectivity index (χ4v) is 1.43. The maximum atomic E-state index is 12.8. The van der Waals surface area contributed by atoms with Crippen molar-refractivity contribution < 1.29 is 13.2 Å². The van der Waals surface area contributed by atoms with Gasteiger partial charge in [0.05, 0.1) is 6.42 Å². The Bertz CT molecular complexity index is 385. The predicted molar refractivity (Wildman–Crippen MR) is 47.4 cm³/mol. The van der Waals surface area contributed by atoms with E-state index in [0.717, 1.165) is 0 Å². The van der Waals surface area contributed by atoms with Gasteiger partial charge < -0.3 is 0 Å². The Morgan fingerprint density at radius 3 is 2.64 bits per heavy atom. The second-order valence-electron chi connectivity index (χ2n) is 3.31. The lowest BCUT2D eigenvalue weighted by atomic mass is 10.1. The van der Waals surface area contributed by atoms with Gasteiger partial charge in [-0.05, 0) is 17.7 Å². The summed E-state index contributed by atoms with van der Waals surface area (Å²) in [4.78, 5) is 3.70. The third-order valence-corrected chi connectivity index (χ3v) is 2.09. The Morgan fingerprint density at radius 2 is 2.07 bits per heavy atom. The molecule has 0 atom stereocenters. The SMILES string of the molecule is Fc1cccc(C2=NCC(F)(F)C2)c1. The summed E-state index contributed by atoms with van der Waals surface area (Å²) in [5, 5.41) is 0. The maximum Gasteiger partial charge on any atom is 0.272 e. The summed E-state index contributed by atoms with van der Waals surface area (Å²) < 4.78 is 38.3. The molecule has 0 fully saturated rings. The van der Waals surface area contributed by atoms with E-state index in [4.69, 9.17) is 0 Å². The van der Waals surface area contributed by atoms with E-state index in [1.165, 1.54) is 18.2 Å². The van der Waals surface area contributed by atoms with Crippen molar-refractivity contribution >= 4 is 5.71 Å². The van der Waals surface area contributed by atoms with Crippen LogP contribution in [0.15, 0.2) is 29.3 Å². The highest BCUT2D eigenvalue weighted by molar-refractivity contribution is 6.02. The molecule has 2 rings (SSSR count). The van der Waals surface area contributed by atoms with E-state index < -0.39 is 24.7 Å². The van der Waals surface area contributed by atoms with E-state index in [0.29, 0.717) is 5.56 Å². The number of benzene rings is 1. The van der Waals surface area contributed by atoms with Crippen molar-refractivity contribution in [2.75, 3.05) is 6.54 Å². The summed E-state index contributed by atoms with van der Waals surface area (Å²) >= 11 is 0. The molecular weight excluding hydrogens is 191 g/mol. The van der Waals surface area contributed by atoms with Gasteiger partial charge in [-0.3, -0.25) is 4.99 Å². The van der Waals surface area contributed by atoms with Gasteiger partial charge in [0.2, 0.25) is 0 Å². The summed E-state index contributed by atoms with van der Waals surface area (Å²) in [6, 6.07) is 5.57. The van der Waals surface area contributed by atoms with Crippen LogP contribution in [0.5, 0.6) is 0 Å². The Hall–Kier alpha value is -1.32. The fourth-order valence-electron chi connectivity index (χ4n) is 1.43. The van der Waals surface area contributed by atoms with Crippen molar-refractivity contribution in [2.24, 2.45) is 4.99 Å². The van der Waals surface area contributed by atoms with Gasteiger partial charge in [-0.2, -0.15) is 0 Å². The minimum atomic E-state index is -2.76. The van der Waals surface area contributed by atoms with Gasteiger partial charge in [0.1, 0.15) is 12.4 Å². The Kier molecular flexibility index (Phi) is 2.06. The van der Waals surface area contributed by atoms with Crippen molar-refractivity contribution in [3.05, 3.63) is 35.6 Å². The van der Waals surface area contributed by atoms with Gasteiger partial charge in [0.25, 0.3) is 5.92 Å². The van der Waals surface area contributed by atoms with Crippen molar-refractivity contribution in [3.63, 3.8) is 0 Å². The van der Waals surface area contributed by atoms with E-state index in [1.807, 2.05) is 0 Å². The lowest BCUT2D eigenvalue weighted by molar-refractivity contribution is 0.0278. The highest BCUT2D eigenvalue weighted by atomic mass is 19.3. The molecule has 0 aliphatic carbocycles. The minimum absolute atomic E-state index is 0.287. The van der Waals surface area contributed by atoms with E-state index >= 15 is 0 Å². The summed E-state index contributed by atoms with van der Waals surface area (Å²) in [7, 11) is 0.